The van der Waals surface area contributed by atoms with Gasteiger partial charge in [-0.15, -0.1) is 0 Å². The maximum atomic E-state index is 12.6. The molecule has 2 fully saturated rings. The minimum atomic E-state index is 0.330. The van der Waals surface area contributed by atoms with Gasteiger partial charge in [0.2, 0.25) is 5.91 Å². The number of hydrogen-bond donors (Lipinski definition) is 0. The Labute approximate surface area is 115 Å². The highest BCUT2D eigenvalue weighted by Crippen LogP contribution is 2.30. The first kappa shape index (κ1) is 12.7. The molecule has 0 radical (unpaired) electrons. The zero-order valence-electron chi connectivity index (χ0n) is 11.6. The van der Waals surface area contributed by atoms with Gasteiger partial charge in [0.05, 0.1) is 0 Å². The molecule has 1 atom stereocenters. The zero-order valence-corrected chi connectivity index (χ0v) is 11.6. The van der Waals surface area contributed by atoms with Crippen LogP contribution in [0.2, 0.25) is 0 Å². The van der Waals surface area contributed by atoms with Crippen LogP contribution in [-0.4, -0.2) is 23.4 Å². The molecule has 19 heavy (non-hydrogen) atoms. The van der Waals surface area contributed by atoms with E-state index in [0.29, 0.717) is 17.9 Å². The fraction of sp³-hybridized carbons (Fsp3) is 0.588. The van der Waals surface area contributed by atoms with Crippen LogP contribution >= 0.6 is 0 Å². The van der Waals surface area contributed by atoms with Crippen molar-refractivity contribution in [2.45, 2.75) is 51.0 Å². The molecule has 1 aliphatic heterocycles. The molecule has 1 aromatic carbocycles. The third-order valence-corrected chi connectivity index (χ3v) is 4.68. The number of carbonyl (C=O) groups excluding carboxylic acids is 1. The second kappa shape index (κ2) is 5.77. The molecule has 2 aliphatic rings. The van der Waals surface area contributed by atoms with E-state index in [1.54, 1.807) is 0 Å². The van der Waals surface area contributed by atoms with E-state index in [1.165, 1.54) is 31.2 Å². The van der Waals surface area contributed by atoms with Gasteiger partial charge >= 0.3 is 0 Å². The topological polar surface area (TPSA) is 20.3 Å². The van der Waals surface area contributed by atoms with Crippen LogP contribution in [0.1, 0.15) is 44.1 Å². The number of hydrogen-bond acceptors (Lipinski definition) is 1. The summed E-state index contributed by atoms with van der Waals surface area (Å²) in [6.07, 6.45) is 8.10. The van der Waals surface area contributed by atoms with E-state index in [0.717, 1.165) is 25.8 Å². The van der Waals surface area contributed by atoms with Gasteiger partial charge in [0.15, 0.2) is 0 Å². The first-order valence-corrected chi connectivity index (χ1v) is 7.69. The minimum absolute atomic E-state index is 0.330. The van der Waals surface area contributed by atoms with Gasteiger partial charge < -0.3 is 4.90 Å². The number of rotatable bonds is 3. The fourth-order valence-corrected chi connectivity index (χ4v) is 3.63. The van der Waals surface area contributed by atoms with Crippen molar-refractivity contribution in [1.82, 2.24) is 4.90 Å². The number of benzene rings is 1. The molecular weight excluding hydrogens is 234 g/mol. The Morgan fingerprint density at radius 2 is 1.79 bits per heavy atom. The summed E-state index contributed by atoms with van der Waals surface area (Å²) >= 11 is 0. The van der Waals surface area contributed by atoms with Crippen molar-refractivity contribution < 1.29 is 4.79 Å². The Balaban J connectivity index is 1.66. The van der Waals surface area contributed by atoms with Gasteiger partial charge in [0.1, 0.15) is 0 Å². The van der Waals surface area contributed by atoms with Crippen molar-refractivity contribution in [3.63, 3.8) is 0 Å². The van der Waals surface area contributed by atoms with E-state index in [9.17, 15) is 4.79 Å². The Hall–Kier alpha value is -1.31. The first-order valence-electron chi connectivity index (χ1n) is 7.69. The molecule has 2 heteroatoms. The summed E-state index contributed by atoms with van der Waals surface area (Å²) in [4.78, 5) is 14.8. The molecule has 3 rings (SSSR count). The lowest BCUT2D eigenvalue weighted by atomic mass is 10.0. The highest BCUT2D eigenvalue weighted by Gasteiger charge is 2.34. The lowest BCUT2D eigenvalue weighted by Gasteiger charge is -2.27. The Morgan fingerprint density at radius 3 is 2.53 bits per heavy atom. The van der Waals surface area contributed by atoms with E-state index in [4.69, 9.17) is 0 Å². The number of nitrogens with zero attached hydrogens (tertiary/aromatic N) is 1. The van der Waals surface area contributed by atoms with Gasteiger partial charge in [-0.1, -0.05) is 43.2 Å². The summed E-state index contributed by atoms with van der Waals surface area (Å²) in [5.41, 5.74) is 1.36. The molecule has 1 amide bonds. The molecule has 102 valence electrons. The molecule has 1 aliphatic carbocycles. The summed E-state index contributed by atoms with van der Waals surface area (Å²) in [5, 5.41) is 0. The molecule has 1 unspecified atom stereocenters. The summed E-state index contributed by atoms with van der Waals surface area (Å²) in [6.45, 7) is 0.979. The number of carbonyl (C=O) groups is 1. The monoisotopic (exact) mass is 257 g/mol. The third-order valence-electron chi connectivity index (χ3n) is 4.68. The smallest absolute Gasteiger partial charge is 0.225 e. The molecule has 0 N–H and O–H groups in total. The summed E-state index contributed by atoms with van der Waals surface area (Å²) in [7, 11) is 0. The molecule has 0 spiro atoms. The van der Waals surface area contributed by atoms with E-state index < -0.39 is 0 Å². The van der Waals surface area contributed by atoms with Crippen LogP contribution in [0, 0.1) is 5.92 Å². The van der Waals surface area contributed by atoms with Gasteiger partial charge in [0.25, 0.3) is 0 Å². The highest BCUT2D eigenvalue weighted by atomic mass is 16.2. The summed E-state index contributed by atoms with van der Waals surface area (Å²) < 4.78 is 0. The van der Waals surface area contributed by atoms with Crippen LogP contribution in [0.3, 0.4) is 0 Å². The van der Waals surface area contributed by atoms with E-state index in [2.05, 4.69) is 35.2 Å². The van der Waals surface area contributed by atoms with Gasteiger partial charge in [0, 0.05) is 18.5 Å². The predicted molar refractivity (Wildman–Crippen MR) is 76.8 cm³/mol. The average Bonchev–Trinajstić information content (AvgIpc) is 3.10. The maximum Gasteiger partial charge on any atom is 0.225 e. The zero-order chi connectivity index (χ0) is 13.1. The summed E-state index contributed by atoms with van der Waals surface area (Å²) in [5.74, 6) is 0.771. The Kier molecular flexibility index (Phi) is 3.86. The van der Waals surface area contributed by atoms with Crippen LogP contribution in [0.25, 0.3) is 0 Å². The molecule has 2 nitrogen and oxygen atoms in total. The molecule has 0 bridgehead atoms. The van der Waals surface area contributed by atoms with Gasteiger partial charge in [-0.2, -0.15) is 0 Å². The molecule has 1 heterocycles. The van der Waals surface area contributed by atoms with Crippen LogP contribution < -0.4 is 0 Å². The van der Waals surface area contributed by atoms with Crippen molar-refractivity contribution >= 4 is 5.91 Å². The van der Waals surface area contributed by atoms with Crippen molar-refractivity contribution in [2.24, 2.45) is 5.92 Å². The van der Waals surface area contributed by atoms with Gasteiger partial charge in [-0.25, -0.2) is 0 Å². The SMILES string of the molecule is O=C(C1CCCC1)N1CCCC1Cc1ccccc1. The summed E-state index contributed by atoms with van der Waals surface area (Å²) in [6, 6.07) is 11.0. The van der Waals surface area contributed by atoms with Crippen molar-refractivity contribution in [3.8, 4) is 0 Å². The van der Waals surface area contributed by atoms with E-state index in [1.807, 2.05) is 0 Å². The van der Waals surface area contributed by atoms with Crippen LogP contribution in [0.4, 0.5) is 0 Å². The van der Waals surface area contributed by atoms with Crippen molar-refractivity contribution in [3.05, 3.63) is 35.9 Å². The first-order chi connectivity index (χ1) is 9.34. The standard InChI is InChI=1S/C17H23NO/c19-17(15-9-4-5-10-15)18-12-6-11-16(18)13-14-7-2-1-3-8-14/h1-3,7-8,15-16H,4-6,9-13H2. The lowest BCUT2D eigenvalue weighted by molar-refractivity contribution is -0.136. The quantitative estimate of drug-likeness (QED) is 0.812. The molecule has 1 saturated carbocycles. The molecule has 1 aromatic rings. The molecule has 0 aromatic heterocycles. The largest absolute Gasteiger partial charge is 0.339 e. The van der Waals surface area contributed by atoms with Crippen LogP contribution in [0.5, 0.6) is 0 Å². The molecule has 1 saturated heterocycles. The number of amides is 1. The third kappa shape index (κ3) is 2.83. The lowest BCUT2D eigenvalue weighted by Crippen LogP contribution is -2.40. The van der Waals surface area contributed by atoms with Crippen molar-refractivity contribution in [1.29, 1.82) is 0 Å². The second-order valence-corrected chi connectivity index (χ2v) is 6.00. The van der Waals surface area contributed by atoms with Crippen LogP contribution in [-0.2, 0) is 11.2 Å². The molecular formula is C17H23NO. The Bertz CT molecular complexity index is 422. The van der Waals surface area contributed by atoms with Gasteiger partial charge in [-0.3, -0.25) is 4.79 Å². The number of likely N-dealkylation sites (tertiary alicyclic amines) is 1. The predicted octanol–water partition coefficient (Wildman–Crippen LogP) is 3.41. The average molecular weight is 257 g/mol. The van der Waals surface area contributed by atoms with E-state index in [-0.39, 0.29) is 0 Å². The van der Waals surface area contributed by atoms with Crippen LogP contribution in [0.15, 0.2) is 30.3 Å². The van der Waals surface area contributed by atoms with Gasteiger partial charge in [-0.05, 0) is 37.7 Å². The Morgan fingerprint density at radius 1 is 1.05 bits per heavy atom. The normalized spacial score (nSPS) is 24.0. The fourth-order valence-electron chi connectivity index (χ4n) is 3.63. The van der Waals surface area contributed by atoms with E-state index >= 15 is 0 Å². The maximum absolute atomic E-state index is 12.6. The van der Waals surface area contributed by atoms with Crippen molar-refractivity contribution in [2.75, 3.05) is 6.54 Å². The highest BCUT2D eigenvalue weighted by molar-refractivity contribution is 5.79. The second-order valence-electron chi connectivity index (χ2n) is 6.00. The minimum Gasteiger partial charge on any atom is -0.339 e.